The van der Waals surface area contributed by atoms with Crippen LogP contribution in [0.4, 0.5) is 10.5 Å². The van der Waals surface area contributed by atoms with Gasteiger partial charge in [0.2, 0.25) is 0 Å². The minimum atomic E-state index is -0.888. The van der Waals surface area contributed by atoms with Crippen molar-refractivity contribution in [2.75, 3.05) is 24.5 Å². The van der Waals surface area contributed by atoms with Gasteiger partial charge in [-0.05, 0) is 67.5 Å². The van der Waals surface area contributed by atoms with Crippen LogP contribution in [0.3, 0.4) is 0 Å². The summed E-state index contributed by atoms with van der Waals surface area (Å²) in [5.74, 6) is -0.241. The third-order valence-electron chi connectivity index (χ3n) is 7.28. The lowest BCUT2D eigenvalue weighted by atomic mass is 9.79. The molecule has 7 nitrogen and oxygen atoms in total. The van der Waals surface area contributed by atoms with Crippen LogP contribution in [0.25, 0.3) is 0 Å². The number of fused-ring (bicyclic) bond motifs is 1. The van der Waals surface area contributed by atoms with Crippen LogP contribution in [-0.2, 0) is 17.8 Å². The second-order valence-corrected chi connectivity index (χ2v) is 9.16. The van der Waals surface area contributed by atoms with E-state index in [2.05, 4.69) is 39.8 Å². The SMILES string of the molecule is CC1(C2CCN(C(=O)c3ccc(N4CCc5ccccc5C4)cc3)CC2)NC(=O)NC1=O. The lowest BCUT2D eigenvalue weighted by molar-refractivity contribution is -0.125. The number of urea groups is 1. The van der Waals surface area contributed by atoms with E-state index in [1.807, 2.05) is 29.2 Å². The van der Waals surface area contributed by atoms with Gasteiger partial charge in [-0.3, -0.25) is 14.9 Å². The van der Waals surface area contributed by atoms with Gasteiger partial charge in [0.05, 0.1) is 0 Å². The van der Waals surface area contributed by atoms with Crippen LogP contribution in [0.5, 0.6) is 0 Å². The first kappa shape index (κ1) is 20.5. The molecule has 7 heteroatoms. The predicted octanol–water partition coefficient (Wildman–Crippen LogP) is 2.70. The molecule has 1 atom stereocenters. The molecule has 0 aromatic heterocycles. The first-order valence-corrected chi connectivity index (χ1v) is 11.3. The average molecular weight is 433 g/mol. The molecule has 0 bridgehead atoms. The Kier molecular flexibility index (Phi) is 5.12. The normalized spacial score (nSPS) is 23.5. The molecular formula is C25H28N4O3. The molecule has 2 aromatic rings. The maximum absolute atomic E-state index is 13.0. The monoisotopic (exact) mass is 432 g/mol. The smallest absolute Gasteiger partial charge is 0.322 e. The van der Waals surface area contributed by atoms with Crippen LogP contribution < -0.4 is 15.5 Å². The van der Waals surface area contributed by atoms with Crippen LogP contribution >= 0.6 is 0 Å². The van der Waals surface area contributed by atoms with Crippen LogP contribution in [0, 0.1) is 5.92 Å². The molecule has 1 unspecified atom stereocenters. The van der Waals surface area contributed by atoms with Gasteiger partial charge < -0.3 is 15.1 Å². The number of benzene rings is 2. The van der Waals surface area contributed by atoms with Crippen LogP contribution in [0.2, 0.25) is 0 Å². The summed E-state index contributed by atoms with van der Waals surface area (Å²) in [5, 5.41) is 5.09. The lowest BCUT2D eigenvalue weighted by Gasteiger charge is -2.38. The number of nitrogens with one attached hydrogen (secondary N) is 2. The summed E-state index contributed by atoms with van der Waals surface area (Å²) < 4.78 is 0. The first-order chi connectivity index (χ1) is 15.4. The number of anilines is 1. The fraction of sp³-hybridized carbons (Fsp3) is 0.400. The van der Waals surface area contributed by atoms with Crippen LogP contribution in [-0.4, -0.2) is 47.9 Å². The largest absolute Gasteiger partial charge is 0.367 e. The van der Waals surface area contributed by atoms with Crippen molar-refractivity contribution in [3.63, 3.8) is 0 Å². The summed E-state index contributed by atoms with van der Waals surface area (Å²) >= 11 is 0. The summed E-state index contributed by atoms with van der Waals surface area (Å²) in [5.41, 5.74) is 3.71. The molecule has 0 spiro atoms. The minimum Gasteiger partial charge on any atom is -0.367 e. The fourth-order valence-electron chi connectivity index (χ4n) is 5.22. The third kappa shape index (κ3) is 3.61. The summed E-state index contributed by atoms with van der Waals surface area (Å²) in [4.78, 5) is 41.0. The molecule has 3 heterocycles. The van der Waals surface area contributed by atoms with E-state index in [1.165, 1.54) is 11.1 Å². The van der Waals surface area contributed by atoms with Crippen molar-refractivity contribution >= 4 is 23.5 Å². The summed E-state index contributed by atoms with van der Waals surface area (Å²) in [6, 6.07) is 16.0. The van der Waals surface area contributed by atoms with Crippen molar-refractivity contribution in [1.29, 1.82) is 0 Å². The highest BCUT2D eigenvalue weighted by molar-refractivity contribution is 6.07. The zero-order valence-corrected chi connectivity index (χ0v) is 18.3. The number of carbonyl (C=O) groups excluding carboxylic acids is 3. The Balaban J connectivity index is 1.21. The van der Waals surface area contributed by atoms with Gasteiger partial charge in [0, 0.05) is 37.4 Å². The molecular weight excluding hydrogens is 404 g/mol. The fourth-order valence-corrected chi connectivity index (χ4v) is 5.22. The predicted molar refractivity (Wildman–Crippen MR) is 121 cm³/mol. The van der Waals surface area contributed by atoms with E-state index in [-0.39, 0.29) is 17.7 Å². The topological polar surface area (TPSA) is 81.8 Å². The van der Waals surface area contributed by atoms with Crippen molar-refractivity contribution in [1.82, 2.24) is 15.5 Å². The molecule has 2 saturated heterocycles. The van der Waals surface area contributed by atoms with Gasteiger partial charge in [0.15, 0.2) is 0 Å². The molecule has 3 aliphatic heterocycles. The molecule has 0 saturated carbocycles. The van der Waals surface area contributed by atoms with Crippen molar-refractivity contribution in [2.45, 2.75) is 38.3 Å². The summed E-state index contributed by atoms with van der Waals surface area (Å²) in [7, 11) is 0. The van der Waals surface area contributed by atoms with E-state index < -0.39 is 11.6 Å². The van der Waals surface area contributed by atoms with E-state index in [9.17, 15) is 14.4 Å². The number of hydrogen-bond donors (Lipinski definition) is 2. The van der Waals surface area contributed by atoms with E-state index in [1.54, 1.807) is 6.92 Å². The standard InChI is InChI=1S/C25H28N4O3/c1-25(23(31)26-24(32)27-25)20-11-14-28(15-12-20)22(30)18-6-8-21(9-7-18)29-13-10-17-4-2-3-5-19(17)16-29/h2-9,20H,10-16H2,1H3,(H2,26,27,31,32). The van der Waals surface area contributed by atoms with Crippen LogP contribution in [0.1, 0.15) is 41.3 Å². The van der Waals surface area contributed by atoms with Crippen molar-refractivity contribution < 1.29 is 14.4 Å². The maximum Gasteiger partial charge on any atom is 0.322 e. The van der Waals surface area contributed by atoms with E-state index in [0.29, 0.717) is 31.5 Å². The molecule has 166 valence electrons. The number of amides is 4. The molecule has 0 radical (unpaired) electrons. The van der Waals surface area contributed by atoms with Gasteiger partial charge in [0.25, 0.3) is 11.8 Å². The highest BCUT2D eigenvalue weighted by Gasteiger charge is 2.48. The number of rotatable bonds is 3. The molecule has 4 amide bonds. The number of nitrogens with zero attached hydrogens (tertiary/aromatic N) is 2. The Bertz CT molecular complexity index is 1060. The van der Waals surface area contributed by atoms with E-state index in [4.69, 9.17) is 0 Å². The summed E-state index contributed by atoms with van der Waals surface area (Å²) in [6.45, 7) is 4.79. The average Bonchev–Trinajstić information content (AvgIpc) is 3.10. The van der Waals surface area contributed by atoms with Gasteiger partial charge >= 0.3 is 6.03 Å². The van der Waals surface area contributed by atoms with Gasteiger partial charge in [-0.2, -0.15) is 0 Å². The summed E-state index contributed by atoms with van der Waals surface area (Å²) in [6.07, 6.45) is 2.39. The molecule has 5 rings (SSSR count). The Morgan fingerprint density at radius 3 is 2.31 bits per heavy atom. The molecule has 2 aromatic carbocycles. The van der Waals surface area contributed by atoms with Gasteiger partial charge in [0.1, 0.15) is 5.54 Å². The van der Waals surface area contributed by atoms with E-state index >= 15 is 0 Å². The lowest BCUT2D eigenvalue weighted by Crippen LogP contribution is -2.54. The Morgan fingerprint density at radius 1 is 0.969 bits per heavy atom. The zero-order chi connectivity index (χ0) is 22.3. The first-order valence-electron chi connectivity index (χ1n) is 11.3. The Morgan fingerprint density at radius 2 is 1.66 bits per heavy atom. The number of hydrogen-bond acceptors (Lipinski definition) is 4. The maximum atomic E-state index is 13.0. The molecule has 2 fully saturated rings. The van der Waals surface area contributed by atoms with Crippen molar-refractivity contribution in [3.8, 4) is 0 Å². The Labute approximate surface area is 187 Å². The van der Waals surface area contributed by atoms with Gasteiger partial charge in [-0.1, -0.05) is 24.3 Å². The van der Waals surface area contributed by atoms with Gasteiger partial charge in [-0.15, -0.1) is 0 Å². The highest BCUT2D eigenvalue weighted by atomic mass is 16.2. The quantitative estimate of drug-likeness (QED) is 0.731. The second-order valence-electron chi connectivity index (χ2n) is 9.16. The minimum absolute atomic E-state index is 0.0161. The van der Waals surface area contributed by atoms with Crippen molar-refractivity contribution in [2.24, 2.45) is 5.92 Å². The van der Waals surface area contributed by atoms with Gasteiger partial charge in [-0.25, -0.2) is 4.79 Å². The van der Waals surface area contributed by atoms with Crippen LogP contribution in [0.15, 0.2) is 48.5 Å². The molecule has 2 N–H and O–H groups in total. The molecule has 32 heavy (non-hydrogen) atoms. The molecule has 0 aliphatic carbocycles. The zero-order valence-electron chi connectivity index (χ0n) is 18.3. The third-order valence-corrected chi connectivity index (χ3v) is 7.28. The number of piperidine rings is 1. The Hall–Kier alpha value is -3.35. The number of likely N-dealkylation sites (tertiary alicyclic amines) is 1. The molecule has 3 aliphatic rings. The van der Waals surface area contributed by atoms with E-state index in [0.717, 1.165) is 25.2 Å². The second kappa shape index (κ2) is 7.97. The van der Waals surface area contributed by atoms with Crippen molar-refractivity contribution in [3.05, 3.63) is 65.2 Å². The number of carbonyl (C=O) groups is 3. The number of imide groups is 1. The highest BCUT2D eigenvalue weighted by Crippen LogP contribution is 2.31.